The van der Waals surface area contributed by atoms with Gasteiger partial charge in [-0.1, -0.05) is 12.1 Å². The molecule has 7 nitrogen and oxygen atoms in total. The third-order valence-corrected chi connectivity index (χ3v) is 6.28. The van der Waals surface area contributed by atoms with Crippen molar-refractivity contribution < 1.29 is 14.3 Å². The normalized spacial score (nSPS) is 14.4. The summed E-state index contributed by atoms with van der Waals surface area (Å²) in [7, 11) is 3.27. The van der Waals surface area contributed by atoms with Crippen molar-refractivity contribution in [1.29, 1.82) is 0 Å². The Morgan fingerprint density at radius 1 is 0.939 bits per heavy atom. The van der Waals surface area contributed by atoms with Crippen LogP contribution in [0.25, 0.3) is 22.4 Å². The standard InChI is InChI=1S/C26H26N4O3/c1-32-23-8-7-19(17-24(23)33-2)25-28-21-5-3-4-6-22(21)30(25)20-11-15-29(16-12-20)26(31)18-9-13-27-14-10-18/h3-10,13-14,17,20H,11-12,15-16H2,1-2H3. The number of aromatic nitrogens is 3. The van der Waals surface area contributed by atoms with Crippen molar-refractivity contribution in [2.45, 2.75) is 18.9 Å². The lowest BCUT2D eigenvalue weighted by Gasteiger charge is -2.33. The molecule has 0 atom stereocenters. The van der Waals surface area contributed by atoms with E-state index in [-0.39, 0.29) is 11.9 Å². The molecule has 0 spiro atoms. The van der Waals surface area contributed by atoms with Crippen molar-refractivity contribution >= 4 is 16.9 Å². The number of fused-ring (bicyclic) bond motifs is 1. The van der Waals surface area contributed by atoms with E-state index >= 15 is 0 Å². The van der Waals surface area contributed by atoms with Crippen molar-refractivity contribution in [2.75, 3.05) is 27.3 Å². The van der Waals surface area contributed by atoms with Crippen LogP contribution in [0.2, 0.25) is 0 Å². The van der Waals surface area contributed by atoms with Gasteiger partial charge >= 0.3 is 0 Å². The van der Waals surface area contributed by atoms with E-state index in [0.717, 1.165) is 35.3 Å². The molecule has 1 saturated heterocycles. The summed E-state index contributed by atoms with van der Waals surface area (Å²) in [6.07, 6.45) is 5.04. The van der Waals surface area contributed by atoms with Crippen LogP contribution in [0, 0.1) is 0 Å². The highest BCUT2D eigenvalue weighted by Crippen LogP contribution is 2.37. The Morgan fingerprint density at radius 3 is 2.39 bits per heavy atom. The fraction of sp³-hybridized carbons (Fsp3) is 0.269. The predicted molar refractivity (Wildman–Crippen MR) is 127 cm³/mol. The highest BCUT2D eigenvalue weighted by Gasteiger charge is 2.28. The molecular formula is C26H26N4O3. The lowest BCUT2D eigenvalue weighted by molar-refractivity contribution is 0.0696. The van der Waals surface area contributed by atoms with Crippen molar-refractivity contribution in [1.82, 2.24) is 19.4 Å². The summed E-state index contributed by atoms with van der Waals surface area (Å²) in [4.78, 5) is 23.8. The van der Waals surface area contributed by atoms with Crippen LogP contribution in [0.5, 0.6) is 11.5 Å². The fourth-order valence-electron chi connectivity index (χ4n) is 4.60. The Kier molecular flexibility index (Phi) is 5.69. The van der Waals surface area contributed by atoms with E-state index in [9.17, 15) is 4.79 Å². The number of nitrogens with zero attached hydrogens (tertiary/aromatic N) is 4. The first-order valence-electron chi connectivity index (χ1n) is 11.1. The van der Waals surface area contributed by atoms with E-state index in [1.54, 1.807) is 38.7 Å². The molecule has 0 bridgehead atoms. The summed E-state index contributed by atoms with van der Waals surface area (Å²) in [5.41, 5.74) is 3.71. The average Bonchev–Trinajstić information content (AvgIpc) is 3.28. The van der Waals surface area contributed by atoms with Crippen molar-refractivity contribution in [3.8, 4) is 22.9 Å². The second kappa shape index (κ2) is 8.94. The Hall–Kier alpha value is -3.87. The van der Waals surface area contributed by atoms with Gasteiger partial charge in [0.1, 0.15) is 5.82 Å². The number of methoxy groups -OCH3 is 2. The SMILES string of the molecule is COc1ccc(-c2nc3ccccc3n2C2CCN(C(=O)c3ccncc3)CC2)cc1OC. The van der Waals surface area contributed by atoms with Crippen molar-refractivity contribution in [3.05, 3.63) is 72.6 Å². The van der Waals surface area contributed by atoms with Gasteiger partial charge in [0, 0.05) is 42.7 Å². The van der Waals surface area contributed by atoms with Gasteiger partial charge < -0.3 is 18.9 Å². The number of benzene rings is 2. The first-order valence-corrected chi connectivity index (χ1v) is 11.1. The Balaban J connectivity index is 1.47. The molecule has 0 saturated carbocycles. The van der Waals surface area contributed by atoms with Gasteiger partial charge in [0.25, 0.3) is 5.91 Å². The zero-order valence-corrected chi connectivity index (χ0v) is 18.8. The van der Waals surface area contributed by atoms with Crippen LogP contribution in [0.1, 0.15) is 29.2 Å². The number of piperidine rings is 1. The summed E-state index contributed by atoms with van der Waals surface area (Å²) >= 11 is 0. The highest BCUT2D eigenvalue weighted by molar-refractivity contribution is 5.94. The number of carbonyl (C=O) groups is 1. The molecule has 7 heteroatoms. The van der Waals surface area contributed by atoms with Crippen LogP contribution in [0.3, 0.4) is 0 Å². The van der Waals surface area contributed by atoms with Gasteiger partial charge in [0.2, 0.25) is 0 Å². The molecular weight excluding hydrogens is 416 g/mol. The minimum atomic E-state index is 0.0615. The number of pyridine rings is 1. The van der Waals surface area contributed by atoms with E-state index < -0.39 is 0 Å². The first-order chi connectivity index (χ1) is 16.2. The predicted octanol–water partition coefficient (Wildman–Crippen LogP) is 4.59. The largest absolute Gasteiger partial charge is 0.493 e. The zero-order chi connectivity index (χ0) is 22.8. The van der Waals surface area contributed by atoms with Crippen LogP contribution in [0.15, 0.2) is 67.0 Å². The van der Waals surface area contributed by atoms with Crippen LogP contribution in [-0.2, 0) is 0 Å². The number of hydrogen-bond acceptors (Lipinski definition) is 5. The molecule has 2 aromatic carbocycles. The quantitative estimate of drug-likeness (QED) is 0.452. The number of ether oxygens (including phenoxy) is 2. The molecule has 1 amide bonds. The maximum atomic E-state index is 12.9. The molecule has 0 radical (unpaired) electrons. The smallest absolute Gasteiger partial charge is 0.253 e. The van der Waals surface area contributed by atoms with Gasteiger partial charge in [-0.2, -0.15) is 0 Å². The molecule has 1 aliphatic heterocycles. The van der Waals surface area contributed by atoms with Gasteiger partial charge in [-0.3, -0.25) is 9.78 Å². The van der Waals surface area contributed by atoms with Crippen LogP contribution < -0.4 is 9.47 Å². The third kappa shape index (κ3) is 3.91. The van der Waals surface area contributed by atoms with Gasteiger partial charge in [-0.25, -0.2) is 4.98 Å². The van der Waals surface area contributed by atoms with Crippen LogP contribution >= 0.6 is 0 Å². The van der Waals surface area contributed by atoms with Gasteiger partial charge in [0.15, 0.2) is 11.5 Å². The molecule has 3 heterocycles. The number of para-hydroxylation sites is 2. The molecule has 5 rings (SSSR count). The lowest BCUT2D eigenvalue weighted by atomic mass is 10.0. The number of hydrogen-bond donors (Lipinski definition) is 0. The van der Waals surface area contributed by atoms with E-state index in [2.05, 4.69) is 15.6 Å². The minimum absolute atomic E-state index is 0.0615. The number of imidazole rings is 1. The molecule has 168 valence electrons. The van der Waals surface area contributed by atoms with E-state index in [1.165, 1.54) is 0 Å². The number of likely N-dealkylation sites (tertiary alicyclic amines) is 1. The number of amides is 1. The minimum Gasteiger partial charge on any atom is -0.493 e. The van der Waals surface area contributed by atoms with Gasteiger partial charge in [-0.05, 0) is 55.3 Å². The maximum absolute atomic E-state index is 12.9. The summed E-state index contributed by atoms with van der Waals surface area (Å²) in [6, 6.07) is 17.9. The first kappa shape index (κ1) is 21.0. The topological polar surface area (TPSA) is 69.5 Å². The second-order valence-electron chi connectivity index (χ2n) is 8.12. The summed E-state index contributed by atoms with van der Waals surface area (Å²) < 4.78 is 13.3. The summed E-state index contributed by atoms with van der Waals surface area (Å²) in [5, 5.41) is 0. The van der Waals surface area contributed by atoms with E-state index in [1.807, 2.05) is 41.3 Å². The highest BCUT2D eigenvalue weighted by atomic mass is 16.5. The van der Waals surface area contributed by atoms with Crippen LogP contribution in [-0.4, -0.2) is 52.7 Å². The van der Waals surface area contributed by atoms with Gasteiger partial charge in [0.05, 0.1) is 25.3 Å². The van der Waals surface area contributed by atoms with Crippen LogP contribution in [0.4, 0.5) is 0 Å². The molecule has 0 aliphatic carbocycles. The zero-order valence-electron chi connectivity index (χ0n) is 18.8. The average molecular weight is 443 g/mol. The van der Waals surface area contributed by atoms with Crippen molar-refractivity contribution in [2.24, 2.45) is 0 Å². The number of carbonyl (C=O) groups excluding carboxylic acids is 1. The lowest BCUT2D eigenvalue weighted by Crippen LogP contribution is -2.39. The summed E-state index contributed by atoms with van der Waals surface area (Å²) in [5.74, 6) is 2.32. The van der Waals surface area contributed by atoms with E-state index in [0.29, 0.717) is 30.2 Å². The van der Waals surface area contributed by atoms with E-state index in [4.69, 9.17) is 14.5 Å². The molecule has 1 aliphatic rings. The third-order valence-electron chi connectivity index (χ3n) is 6.28. The van der Waals surface area contributed by atoms with Gasteiger partial charge in [-0.15, -0.1) is 0 Å². The Bertz CT molecular complexity index is 1280. The second-order valence-corrected chi connectivity index (χ2v) is 8.12. The molecule has 4 aromatic rings. The number of rotatable bonds is 5. The Labute approximate surface area is 192 Å². The Morgan fingerprint density at radius 2 is 1.67 bits per heavy atom. The molecule has 2 aromatic heterocycles. The molecule has 1 fully saturated rings. The summed E-state index contributed by atoms with van der Waals surface area (Å²) in [6.45, 7) is 1.40. The molecule has 0 unspecified atom stereocenters. The van der Waals surface area contributed by atoms with Crippen molar-refractivity contribution in [3.63, 3.8) is 0 Å². The fourth-order valence-corrected chi connectivity index (χ4v) is 4.60. The molecule has 33 heavy (non-hydrogen) atoms. The maximum Gasteiger partial charge on any atom is 0.253 e. The molecule has 0 N–H and O–H groups in total. The monoisotopic (exact) mass is 442 g/mol.